The van der Waals surface area contributed by atoms with Gasteiger partial charge in [0.15, 0.2) is 17.2 Å². The van der Waals surface area contributed by atoms with Crippen LogP contribution in [0.3, 0.4) is 0 Å². The van der Waals surface area contributed by atoms with Crippen molar-refractivity contribution in [3.8, 4) is 28.7 Å². The van der Waals surface area contributed by atoms with Crippen LogP contribution >= 0.6 is 0 Å². The summed E-state index contributed by atoms with van der Waals surface area (Å²) in [5, 5.41) is 44.7. The fourth-order valence-corrected chi connectivity index (χ4v) is 1.64. The van der Waals surface area contributed by atoms with Gasteiger partial charge >= 0.3 is 0 Å². The third kappa shape index (κ3) is 4.49. The Hall–Kier alpha value is -2.56. The normalized spacial score (nSPS) is 10.6. The average Bonchev–Trinajstić information content (AvgIpc) is 2.38. The molecular formula is C16H20O5. The lowest BCUT2D eigenvalue weighted by Gasteiger charge is -2.20. The number of aromatic hydroxyl groups is 5. The van der Waals surface area contributed by atoms with Crippen LogP contribution in [0, 0.1) is 0 Å². The van der Waals surface area contributed by atoms with E-state index in [-0.39, 0.29) is 28.4 Å². The van der Waals surface area contributed by atoms with Gasteiger partial charge in [-0.25, -0.2) is 0 Å². The highest BCUT2D eigenvalue weighted by Gasteiger charge is 2.17. The SMILES string of the molecule is CC(C)(C)c1cc(O)ccc1O.Oc1cccc(O)c1O. The molecule has 5 heteroatoms. The number of rotatable bonds is 0. The molecule has 0 saturated carbocycles. The molecule has 0 radical (unpaired) electrons. The van der Waals surface area contributed by atoms with Gasteiger partial charge in [-0.05, 0) is 35.7 Å². The Labute approximate surface area is 123 Å². The van der Waals surface area contributed by atoms with Crippen molar-refractivity contribution < 1.29 is 25.5 Å². The van der Waals surface area contributed by atoms with Gasteiger partial charge in [0.2, 0.25) is 0 Å². The van der Waals surface area contributed by atoms with Crippen molar-refractivity contribution in [3.63, 3.8) is 0 Å². The summed E-state index contributed by atoms with van der Waals surface area (Å²) in [4.78, 5) is 0. The molecule has 0 saturated heterocycles. The fraction of sp³-hybridized carbons (Fsp3) is 0.250. The summed E-state index contributed by atoms with van der Waals surface area (Å²) in [7, 11) is 0. The topological polar surface area (TPSA) is 101 Å². The van der Waals surface area contributed by atoms with Crippen LogP contribution in [-0.4, -0.2) is 25.5 Å². The Morgan fingerprint density at radius 2 is 1.24 bits per heavy atom. The van der Waals surface area contributed by atoms with Gasteiger partial charge in [-0.3, -0.25) is 0 Å². The molecule has 5 nitrogen and oxygen atoms in total. The molecule has 0 bridgehead atoms. The minimum Gasteiger partial charge on any atom is -0.508 e. The van der Waals surface area contributed by atoms with E-state index in [9.17, 15) is 10.2 Å². The summed E-state index contributed by atoms with van der Waals surface area (Å²) in [6.45, 7) is 5.96. The van der Waals surface area contributed by atoms with Crippen molar-refractivity contribution in [2.75, 3.05) is 0 Å². The van der Waals surface area contributed by atoms with E-state index >= 15 is 0 Å². The van der Waals surface area contributed by atoms with E-state index in [1.807, 2.05) is 20.8 Å². The molecule has 0 unspecified atom stereocenters. The minimum atomic E-state index is -0.475. The fourth-order valence-electron chi connectivity index (χ4n) is 1.64. The van der Waals surface area contributed by atoms with Crippen LogP contribution in [0.2, 0.25) is 0 Å². The molecule has 0 aliphatic carbocycles. The summed E-state index contributed by atoms with van der Waals surface area (Å²) in [5.74, 6) is -0.666. The Balaban J connectivity index is 0.000000219. The predicted molar refractivity (Wildman–Crippen MR) is 79.9 cm³/mol. The zero-order valence-corrected chi connectivity index (χ0v) is 12.2. The first-order valence-corrected chi connectivity index (χ1v) is 6.35. The molecule has 0 aromatic heterocycles. The molecule has 0 atom stereocenters. The Morgan fingerprint density at radius 3 is 1.62 bits per heavy atom. The molecule has 0 spiro atoms. The molecule has 0 heterocycles. The molecule has 2 aromatic rings. The van der Waals surface area contributed by atoms with Crippen LogP contribution in [0.4, 0.5) is 0 Å². The van der Waals surface area contributed by atoms with Gasteiger partial charge in [0.05, 0.1) is 0 Å². The third-order valence-electron chi connectivity index (χ3n) is 2.78. The van der Waals surface area contributed by atoms with Gasteiger partial charge in [0.1, 0.15) is 11.5 Å². The number of hydrogen-bond donors (Lipinski definition) is 5. The smallest absolute Gasteiger partial charge is 0.200 e. The quantitative estimate of drug-likeness (QED) is 0.379. The zero-order chi connectivity index (χ0) is 16.2. The molecule has 2 aromatic carbocycles. The highest BCUT2D eigenvalue weighted by molar-refractivity contribution is 5.47. The van der Waals surface area contributed by atoms with Gasteiger partial charge in [0, 0.05) is 5.56 Å². The minimum absolute atomic E-state index is 0.136. The predicted octanol–water partition coefficient (Wildman–Crippen LogP) is 3.20. The first-order valence-electron chi connectivity index (χ1n) is 6.35. The second-order valence-electron chi connectivity index (χ2n) is 5.60. The summed E-state index contributed by atoms with van der Waals surface area (Å²) in [6, 6.07) is 8.59. The Kier molecular flexibility index (Phi) is 4.92. The lowest BCUT2D eigenvalue weighted by molar-refractivity contribution is 0.368. The maximum atomic E-state index is 9.46. The van der Waals surface area contributed by atoms with Crippen LogP contribution in [0.15, 0.2) is 36.4 Å². The molecule has 0 amide bonds. The molecule has 0 aliphatic heterocycles. The van der Waals surface area contributed by atoms with Gasteiger partial charge in [-0.1, -0.05) is 26.8 Å². The highest BCUT2D eigenvalue weighted by atomic mass is 16.3. The van der Waals surface area contributed by atoms with Gasteiger partial charge in [0.25, 0.3) is 0 Å². The second kappa shape index (κ2) is 6.26. The monoisotopic (exact) mass is 292 g/mol. The van der Waals surface area contributed by atoms with Gasteiger partial charge < -0.3 is 25.5 Å². The van der Waals surface area contributed by atoms with Crippen molar-refractivity contribution in [1.82, 2.24) is 0 Å². The Bertz CT molecular complexity index is 594. The van der Waals surface area contributed by atoms with Crippen LogP contribution in [0.25, 0.3) is 0 Å². The molecule has 2 rings (SSSR count). The van der Waals surface area contributed by atoms with E-state index in [0.717, 1.165) is 5.56 Å². The molecular weight excluding hydrogens is 272 g/mol. The van der Waals surface area contributed by atoms with Crippen molar-refractivity contribution in [2.24, 2.45) is 0 Å². The van der Waals surface area contributed by atoms with Crippen LogP contribution < -0.4 is 0 Å². The van der Waals surface area contributed by atoms with Crippen LogP contribution in [0.5, 0.6) is 28.7 Å². The van der Waals surface area contributed by atoms with Gasteiger partial charge in [-0.2, -0.15) is 0 Å². The van der Waals surface area contributed by atoms with E-state index in [1.165, 1.54) is 30.3 Å². The Morgan fingerprint density at radius 1 is 0.714 bits per heavy atom. The lowest BCUT2D eigenvalue weighted by Crippen LogP contribution is -2.10. The highest BCUT2D eigenvalue weighted by Crippen LogP contribution is 2.33. The van der Waals surface area contributed by atoms with Crippen molar-refractivity contribution >= 4 is 0 Å². The number of phenolic OH excluding ortho intramolecular Hbond substituents is 5. The largest absolute Gasteiger partial charge is 0.508 e. The van der Waals surface area contributed by atoms with E-state index in [0.29, 0.717) is 0 Å². The summed E-state index contributed by atoms with van der Waals surface area (Å²) in [6.07, 6.45) is 0. The molecule has 0 aliphatic rings. The van der Waals surface area contributed by atoms with Gasteiger partial charge in [-0.15, -0.1) is 0 Å². The van der Waals surface area contributed by atoms with Crippen molar-refractivity contribution in [1.29, 1.82) is 0 Å². The number of para-hydroxylation sites is 1. The third-order valence-corrected chi connectivity index (χ3v) is 2.78. The maximum absolute atomic E-state index is 9.46. The maximum Gasteiger partial charge on any atom is 0.200 e. The molecule has 114 valence electrons. The number of benzene rings is 2. The van der Waals surface area contributed by atoms with E-state index in [2.05, 4.69) is 0 Å². The molecule has 5 N–H and O–H groups in total. The first kappa shape index (κ1) is 16.5. The molecule has 0 fully saturated rings. The van der Waals surface area contributed by atoms with Crippen molar-refractivity contribution in [3.05, 3.63) is 42.0 Å². The van der Waals surface area contributed by atoms with Crippen LogP contribution in [0.1, 0.15) is 26.3 Å². The molecule has 21 heavy (non-hydrogen) atoms. The van der Waals surface area contributed by atoms with E-state index in [1.54, 1.807) is 6.07 Å². The number of phenols is 5. The standard InChI is InChI=1S/C10H14O2.C6H6O3/c1-10(2,3)8-6-7(11)4-5-9(8)12;7-4-2-1-3-5(8)6(4)9/h4-6,11-12H,1-3H3;1-3,7-9H. The lowest BCUT2D eigenvalue weighted by atomic mass is 9.86. The van der Waals surface area contributed by atoms with Crippen molar-refractivity contribution in [2.45, 2.75) is 26.2 Å². The second-order valence-corrected chi connectivity index (χ2v) is 5.60. The summed E-state index contributed by atoms with van der Waals surface area (Å²) < 4.78 is 0. The number of hydrogen-bond acceptors (Lipinski definition) is 5. The first-order chi connectivity index (χ1) is 9.62. The summed E-state index contributed by atoms with van der Waals surface area (Å²) in [5.41, 5.74) is 0.630. The average molecular weight is 292 g/mol. The summed E-state index contributed by atoms with van der Waals surface area (Å²) >= 11 is 0. The van der Waals surface area contributed by atoms with E-state index < -0.39 is 5.75 Å². The van der Waals surface area contributed by atoms with Crippen LogP contribution in [-0.2, 0) is 5.41 Å². The van der Waals surface area contributed by atoms with E-state index in [4.69, 9.17) is 15.3 Å². The zero-order valence-electron chi connectivity index (χ0n) is 12.2.